The van der Waals surface area contributed by atoms with Gasteiger partial charge in [-0.15, -0.1) is 22.7 Å². The fourth-order valence-corrected chi connectivity index (χ4v) is 10.7. The third-order valence-corrected chi connectivity index (χ3v) is 13.2. The van der Waals surface area contributed by atoms with Crippen LogP contribution in [0.15, 0.2) is 180 Å². The summed E-state index contributed by atoms with van der Waals surface area (Å²) in [6.07, 6.45) is 0. The van der Waals surface area contributed by atoms with Crippen LogP contribution in [0.2, 0.25) is 0 Å². The number of hydrogen-bond acceptors (Lipinski definition) is 6. The van der Waals surface area contributed by atoms with E-state index in [-0.39, 0.29) is 0 Å². The van der Waals surface area contributed by atoms with E-state index in [0.717, 1.165) is 49.8 Å². The Morgan fingerprint density at radius 3 is 1.68 bits per heavy atom. The van der Waals surface area contributed by atoms with E-state index in [1.165, 1.54) is 51.5 Å². The van der Waals surface area contributed by atoms with E-state index in [1.54, 1.807) is 0 Å². The Morgan fingerprint density at radius 1 is 0.333 bits per heavy atom. The van der Waals surface area contributed by atoms with E-state index < -0.39 is 0 Å². The molecule has 12 rings (SSSR count). The SMILES string of the molecule is c1ccc(-c2nc(-c3ccccc3)nc(-c3ccc4c(c3)sc3cccc(-c5cc(-c6cccc7c6oc6ccccc67)cc6sc7ccccc7c56)c34)n2)cc1. The smallest absolute Gasteiger partial charge is 0.164 e. The highest BCUT2D eigenvalue weighted by Gasteiger charge is 2.21. The molecular weight excluding hydrogens is 735 g/mol. The molecule has 0 radical (unpaired) electrons. The number of furan rings is 1. The molecule has 8 aromatic carbocycles. The molecule has 0 unspecified atom stereocenters. The standard InChI is InChI=1S/C51H29N3OS2/c1-3-13-30(14-4-1)49-52-50(31-15-5-2-6-16-31)54-51(53-49)32-25-26-39-44(28-32)57-43-24-12-20-36(46(39)43)40-27-33(29-45-47(40)38-18-8-10-23-42(38)56-45)34-19-11-21-37-35-17-7-9-22-41(35)55-48(34)37/h1-29H. The number of fused-ring (bicyclic) bond motifs is 9. The first-order chi connectivity index (χ1) is 28.2. The van der Waals surface area contributed by atoms with Gasteiger partial charge in [-0.25, -0.2) is 15.0 Å². The molecule has 4 nitrogen and oxygen atoms in total. The van der Waals surface area contributed by atoms with E-state index in [0.29, 0.717) is 17.5 Å². The van der Waals surface area contributed by atoms with Gasteiger partial charge in [0, 0.05) is 73.4 Å². The van der Waals surface area contributed by atoms with Crippen molar-refractivity contribution in [1.29, 1.82) is 0 Å². The second-order valence-electron chi connectivity index (χ2n) is 14.3. The first kappa shape index (κ1) is 32.3. The largest absolute Gasteiger partial charge is 0.455 e. The summed E-state index contributed by atoms with van der Waals surface area (Å²) in [5.41, 5.74) is 9.37. The van der Waals surface area contributed by atoms with Crippen LogP contribution in [0, 0.1) is 0 Å². The van der Waals surface area contributed by atoms with Crippen LogP contribution in [0.5, 0.6) is 0 Å². The van der Waals surface area contributed by atoms with Gasteiger partial charge in [-0.1, -0.05) is 140 Å². The van der Waals surface area contributed by atoms with Crippen LogP contribution < -0.4 is 0 Å². The molecular formula is C51H29N3OS2. The molecule has 0 bridgehead atoms. The highest BCUT2D eigenvalue weighted by Crippen LogP contribution is 2.48. The number of benzene rings is 8. The van der Waals surface area contributed by atoms with Crippen LogP contribution in [-0.4, -0.2) is 15.0 Å². The predicted octanol–water partition coefficient (Wildman–Crippen LogP) is 14.8. The zero-order valence-electron chi connectivity index (χ0n) is 30.3. The lowest BCUT2D eigenvalue weighted by Crippen LogP contribution is -1.99. The van der Waals surface area contributed by atoms with Gasteiger partial charge in [-0.2, -0.15) is 0 Å². The summed E-state index contributed by atoms with van der Waals surface area (Å²) in [6, 6.07) is 62.0. The Balaban J connectivity index is 1.07. The normalized spacial score (nSPS) is 11.9. The van der Waals surface area contributed by atoms with Gasteiger partial charge in [0.25, 0.3) is 0 Å². The maximum Gasteiger partial charge on any atom is 0.164 e. The molecule has 0 aliphatic carbocycles. The molecule has 0 spiro atoms. The fourth-order valence-electron chi connectivity index (χ4n) is 8.32. The van der Waals surface area contributed by atoms with Gasteiger partial charge in [0.2, 0.25) is 0 Å². The Hall–Kier alpha value is -6.99. The van der Waals surface area contributed by atoms with E-state index in [9.17, 15) is 0 Å². The molecule has 0 N–H and O–H groups in total. The van der Waals surface area contributed by atoms with Crippen LogP contribution in [0.25, 0.3) is 119 Å². The highest BCUT2D eigenvalue weighted by atomic mass is 32.1. The molecule has 0 aliphatic heterocycles. The molecule has 0 fully saturated rings. The lowest BCUT2D eigenvalue weighted by Gasteiger charge is -2.12. The molecule has 0 saturated carbocycles. The molecule has 4 aromatic heterocycles. The highest BCUT2D eigenvalue weighted by molar-refractivity contribution is 7.26. The summed E-state index contributed by atoms with van der Waals surface area (Å²) in [4.78, 5) is 15.0. The van der Waals surface area contributed by atoms with E-state index >= 15 is 0 Å². The van der Waals surface area contributed by atoms with Crippen molar-refractivity contribution in [1.82, 2.24) is 15.0 Å². The minimum Gasteiger partial charge on any atom is -0.455 e. The third kappa shape index (κ3) is 5.22. The van der Waals surface area contributed by atoms with Crippen LogP contribution in [0.1, 0.15) is 0 Å². The van der Waals surface area contributed by atoms with Gasteiger partial charge >= 0.3 is 0 Å². The Morgan fingerprint density at radius 2 is 0.895 bits per heavy atom. The summed E-state index contributed by atoms with van der Waals surface area (Å²) >= 11 is 3.67. The monoisotopic (exact) mass is 763 g/mol. The number of nitrogens with zero attached hydrogens (tertiary/aromatic N) is 3. The van der Waals surface area contributed by atoms with E-state index in [1.807, 2.05) is 89.4 Å². The van der Waals surface area contributed by atoms with Crippen molar-refractivity contribution < 1.29 is 4.42 Å². The second-order valence-corrected chi connectivity index (χ2v) is 16.5. The minimum absolute atomic E-state index is 0.654. The molecule has 266 valence electrons. The molecule has 0 aliphatic rings. The van der Waals surface area contributed by atoms with E-state index in [2.05, 4.69) is 109 Å². The summed E-state index contributed by atoms with van der Waals surface area (Å²) < 4.78 is 11.5. The molecule has 0 amide bonds. The fraction of sp³-hybridized carbons (Fsp3) is 0. The van der Waals surface area contributed by atoms with Crippen molar-refractivity contribution in [2.24, 2.45) is 0 Å². The Labute approximate surface area is 335 Å². The lowest BCUT2D eigenvalue weighted by atomic mass is 9.91. The molecule has 12 aromatic rings. The maximum atomic E-state index is 6.57. The first-order valence-electron chi connectivity index (χ1n) is 18.9. The van der Waals surface area contributed by atoms with Crippen molar-refractivity contribution in [3.05, 3.63) is 176 Å². The summed E-state index contributed by atoms with van der Waals surface area (Å²) in [7, 11) is 0. The molecule has 6 heteroatoms. The van der Waals surface area contributed by atoms with Crippen LogP contribution >= 0.6 is 22.7 Å². The maximum absolute atomic E-state index is 6.57. The molecule has 4 heterocycles. The number of thiophene rings is 2. The lowest BCUT2D eigenvalue weighted by molar-refractivity contribution is 0.670. The van der Waals surface area contributed by atoms with Crippen molar-refractivity contribution in [2.75, 3.05) is 0 Å². The van der Waals surface area contributed by atoms with Gasteiger partial charge in [0.15, 0.2) is 17.5 Å². The Kier molecular flexibility index (Phi) is 7.24. The zero-order valence-corrected chi connectivity index (χ0v) is 31.9. The van der Waals surface area contributed by atoms with Crippen molar-refractivity contribution in [2.45, 2.75) is 0 Å². The van der Waals surface area contributed by atoms with Crippen LogP contribution in [0.3, 0.4) is 0 Å². The molecule has 57 heavy (non-hydrogen) atoms. The van der Waals surface area contributed by atoms with E-state index in [4.69, 9.17) is 19.4 Å². The molecule has 0 atom stereocenters. The van der Waals surface area contributed by atoms with Gasteiger partial charge in [-0.05, 0) is 53.1 Å². The van der Waals surface area contributed by atoms with Crippen molar-refractivity contribution in [3.63, 3.8) is 0 Å². The van der Waals surface area contributed by atoms with Gasteiger partial charge in [0.1, 0.15) is 11.2 Å². The van der Waals surface area contributed by atoms with Crippen LogP contribution in [-0.2, 0) is 0 Å². The number of para-hydroxylation sites is 2. The predicted molar refractivity (Wildman–Crippen MR) is 240 cm³/mol. The first-order valence-corrected chi connectivity index (χ1v) is 20.6. The van der Waals surface area contributed by atoms with Crippen molar-refractivity contribution in [3.8, 4) is 56.4 Å². The average Bonchev–Trinajstić information content (AvgIpc) is 3.97. The zero-order chi connectivity index (χ0) is 37.5. The van der Waals surface area contributed by atoms with Gasteiger partial charge in [-0.3, -0.25) is 0 Å². The topological polar surface area (TPSA) is 51.8 Å². The quantitative estimate of drug-likeness (QED) is 0.175. The molecule has 0 saturated heterocycles. The summed E-state index contributed by atoms with van der Waals surface area (Å²) in [5.74, 6) is 1.97. The summed E-state index contributed by atoms with van der Waals surface area (Å²) in [6.45, 7) is 0. The minimum atomic E-state index is 0.654. The average molecular weight is 764 g/mol. The second kappa shape index (κ2) is 12.8. The Bertz CT molecular complexity index is 3470. The number of hydrogen-bond donors (Lipinski definition) is 0. The number of aromatic nitrogens is 3. The van der Waals surface area contributed by atoms with Crippen molar-refractivity contribution >= 4 is 85.0 Å². The summed E-state index contributed by atoms with van der Waals surface area (Å²) in [5, 5.41) is 7.30. The van der Waals surface area contributed by atoms with Gasteiger partial charge in [0.05, 0.1) is 0 Å². The van der Waals surface area contributed by atoms with Crippen LogP contribution in [0.4, 0.5) is 0 Å². The third-order valence-electron chi connectivity index (χ3n) is 10.9. The number of rotatable bonds is 5. The van der Waals surface area contributed by atoms with Gasteiger partial charge < -0.3 is 4.42 Å².